The molecule has 0 amide bonds. The minimum absolute atomic E-state index is 0.0146. The first kappa shape index (κ1) is 10.9. The van der Waals surface area contributed by atoms with Crippen LogP contribution in [0.15, 0.2) is 42.6 Å². The van der Waals surface area contributed by atoms with E-state index in [0.29, 0.717) is 11.5 Å². The van der Waals surface area contributed by atoms with Crippen molar-refractivity contribution in [3.05, 3.63) is 52.7 Å². The van der Waals surface area contributed by atoms with E-state index in [1.165, 1.54) is 24.4 Å². The van der Waals surface area contributed by atoms with Crippen molar-refractivity contribution in [1.29, 1.82) is 0 Å². The minimum Gasteiger partial charge on any atom is -0.504 e. The summed E-state index contributed by atoms with van der Waals surface area (Å²) >= 11 is 0. The van der Waals surface area contributed by atoms with Crippen LogP contribution in [0.1, 0.15) is 0 Å². The maximum atomic E-state index is 10.5. The van der Waals surface area contributed by atoms with Crippen LogP contribution in [0.2, 0.25) is 0 Å². The van der Waals surface area contributed by atoms with Gasteiger partial charge in [-0.1, -0.05) is 0 Å². The highest BCUT2D eigenvalue weighted by atomic mass is 16.6. The molecular weight excluding hydrogens is 222 g/mol. The molecule has 0 saturated carbocycles. The zero-order valence-electron chi connectivity index (χ0n) is 8.70. The average Bonchev–Trinajstić information content (AvgIpc) is 2.33. The summed E-state index contributed by atoms with van der Waals surface area (Å²) in [5.74, 6) is 0.326. The lowest BCUT2D eigenvalue weighted by Gasteiger charge is -2.06. The number of nitrogens with zero attached hydrogens (tertiary/aromatic N) is 2. The maximum absolute atomic E-state index is 10.5. The number of nitro groups is 1. The molecule has 0 bridgehead atoms. The average molecular weight is 231 g/mol. The van der Waals surface area contributed by atoms with Gasteiger partial charge in [-0.2, -0.15) is 0 Å². The van der Waals surface area contributed by atoms with Gasteiger partial charge in [0.1, 0.15) is 0 Å². The lowest BCUT2D eigenvalue weighted by atomic mass is 10.3. The van der Waals surface area contributed by atoms with E-state index in [-0.39, 0.29) is 11.4 Å². The summed E-state index contributed by atoms with van der Waals surface area (Å²) in [5.41, 5.74) is 0.630. The highest BCUT2D eigenvalue weighted by Gasteiger charge is 2.05. The van der Waals surface area contributed by atoms with Crippen molar-refractivity contribution >= 4 is 17.2 Å². The molecule has 0 saturated heterocycles. The Kier molecular flexibility index (Phi) is 2.87. The number of non-ortho nitro benzene ring substituents is 1. The minimum atomic E-state index is -0.470. The second-order valence-electron chi connectivity index (χ2n) is 3.30. The van der Waals surface area contributed by atoms with Gasteiger partial charge in [-0.25, -0.2) is 4.98 Å². The quantitative estimate of drug-likeness (QED) is 0.625. The van der Waals surface area contributed by atoms with E-state index in [1.807, 2.05) is 0 Å². The number of nitro benzene ring substituents is 1. The van der Waals surface area contributed by atoms with Crippen molar-refractivity contribution in [2.75, 3.05) is 5.32 Å². The molecule has 0 aliphatic heterocycles. The number of nitrogens with one attached hydrogen (secondary N) is 1. The zero-order chi connectivity index (χ0) is 12.3. The number of pyridine rings is 1. The standard InChI is InChI=1S/C11H9N3O3/c15-10-2-1-7-12-11(10)13-8-3-5-9(6-4-8)14(16)17/h1-7,15H,(H,12,13). The number of aromatic hydroxyl groups is 1. The van der Waals surface area contributed by atoms with Gasteiger partial charge in [-0.3, -0.25) is 10.1 Å². The molecule has 0 atom stereocenters. The van der Waals surface area contributed by atoms with Crippen LogP contribution >= 0.6 is 0 Å². The molecule has 0 unspecified atom stereocenters. The van der Waals surface area contributed by atoms with Crippen LogP contribution in [-0.4, -0.2) is 15.0 Å². The summed E-state index contributed by atoms with van der Waals surface area (Å²) in [6.07, 6.45) is 1.54. The third kappa shape index (κ3) is 2.49. The Bertz CT molecular complexity index is 540. The van der Waals surface area contributed by atoms with Crippen LogP contribution in [0.5, 0.6) is 5.75 Å². The summed E-state index contributed by atoms with van der Waals surface area (Å²) < 4.78 is 0. The fourth-order valence-electron chi connectivity index (χ4n) is 1.30. The third-order valence-electron chi connectivity index (χ3n) is 2.13. The SMILES string of the molecule is O=[N+]([O-])c1ccc(Nc2ncccc2O)cc1. The Balaban J connectivity index is 2.20. The molecule has 1 heterocycles. The first-order valence-corrected chi connectivity index (χ1v) is 4.82. The van der Waals surface area contributed by atoms with Crippen LogP contribution in [-0.2, 0) is 0 Å². The molecule has 2 N–H and O–H groups in total. The number of aromatic nitrogens is 1. The lowest BCUT2D eigenvalue weighted by molar-refractivity contribution is -0.384. The molecule has 2 rings (SSSR count). The van der Waals surface area contributed by atoms with Crippen molar-refractivity contribution in [3.63, 3.8) is 0 Å². The fraction of sp³-hybridized carbons (Fsp3) is 0. The summed E-state index contributed by atoms with van der Waals surface area (Å²) in [7, 11) is 0. The molecule has 17 heavy (non-hydrogen) atoms. The molecule has 0 aliphatic rings. The topological polar surface area (TPSA) is 88.3 Å². The second-order valence-corrected chi connectivity index (χ2v) is 3.30. The molecule has 0 aliphatic carbocycles. The van der Waals surface area contributed by atoms with Crippen LogP contribution in [0.3, 0.4) is 0 Å². The van der Waals surface area contributed by atoms with Gasteiger partial charge in [0, 0.05) is 24.0 Å². The number of hydrogen-bond acceptors (Lipinski definition) is 5. The Hall–Kier alpha value is -2.63. The van der Waals surface area contributed by atoms with Gasteiger partial charge in [0.25, 0.3) is 5.69 Å². The third-order valence-corrected chi connectivity index (χ3v) is 2.13. The molecule has 0 spiro atoms. The van der Waals surface area contributed by atoms with Crippen molar-refractivity contribution in [1.82, 2.24) is 4.98 Å². The van der Waals surface area contributed by atoms with Crippen LogP contribution < -0.4 is 5.32 Å². The van der Waals surface area contributed by atoms with E-state index in [0.717, 1.165) is 0 Å². The fourth-order valence-corrected chi connectivity index (χ4v) is 1.30. The number of benzene rings is 1. The smallest absolute Gasteiger partial charge is 0.269 e. The Labute approximate surface area is 96.7 Å². The van der Waals surface area contributed by atoms with Crippen LogP contribution in [0, 0.1) is 10.1 Å². The van der Waals surface area contributed by atoms with Gasteiger partial charge in [-0.15, -0.1) is 0 Å². The molecule has 86 valence electrons. The first-order valence-electron chi connectivity index (χ1n) is 4.82. The second kappa shape index (κ2) is 4.48. The monoisotopic (exact) mass is 231 g/mol. The molecule has 0 fully saturated rings. The van der Waals surface area contributed by atoms with E-state index in [2.05, 4.69) is 10.3 Å². The summed E-state index contributed by atoms with van der Waals surface area (Å²) in [6, 6.07) is 8.96. The molecular formula is C11H9N3O3. The molecule has 0 radical (unpaired) electrons. The molecule has 1 aromatic heterocycles. The van der Waals surface area contributed by atoms with Gasteiger partial charge < -0.3 is 10.4 Å². The van der Waals surface area contributed by atoms with Crippen molar-refractivity contribution in [3.8, 4) is 5.75 Å². The highest BCUT2D eigenvalue weighted by Crippen LogP contribution is 2.24. The lowest BCUT2D eigenvalue weighted by Crippen LogP contribution is -1.94. The van der Waals surface area contributed by atoms with Crippen LogP contribution in [0.4, 0.5) is 17.2 Å². The van der Waals surface area contributed by atoms with Crippen molar-refractivity contribution < 1.29 is 10.0 Å². The number of hydrogen-bond donors (Lipinski definition) is 2. The van der Waals surface area contributed by atoms with Gasteiger partial charge in [0.2, 0.25) is 0 Å². The molecule has 1 aromatic carbocycles. The Morgan fingerprint density at radius 3 is 2.53 bits per heavy atom. The first-order chi connectivity index (χ1) is 8.16. The molecule has 6 nitrogen and oxygen atoms in total. The largest absolute Gasteiger partial charge is 0.504 e. The van der Waals surface area contributed by atoms with E-state index >= 15 is 0 Å². The van der Waals surface area contributed by atoms with Gasteiger partial charge >= 0.3 is 0 Å². The maximum Gasteiger partial charge on any atom is 0.269 e. The number of anilines is 2. The van der Waals surface area contributed by atoms with Gasteiger partial charge in [0.05, 0.1) is 4.92 Å². The van der Waals surface area contributed by atoms with Gasteiger partial charge in [0.15, 0.2) is 11.6 Å². The van der Waals surface area contributed by atoms with Crippen molar-refractivity contribution in [2.45, 2.75) is 0 Å². The number of rotatable bonds is 3. The van der Waals surface area contributed by atoms with E-state index in [4.69, 9.17) is 0 Å². The van der Waals surface area contributed by atoms with Crippen molar-refractivity contribution in [2.24, 2.45) is 0 Å². The summed E-state index contributed by atoms with van der Waals surface area (Å²) in [6.45, 7) is 0. The van der Waals surface area contributed by atoms with Gasteiger partial charge in [-0.05, 0) is 24.3 Å². The Morgan fingerprint density at radius 2 is 1.94 bits per heavy atom. The van der Waals surface area contributed by atoms with Crippen LogP contribution in [0.25, 0.3) is 0 Å². The summed E-state index contributed by atoms with van der Waals surface area (Å²) in [5, 5.41) is 22.8. The molecule has 6 heteroatoms. The highest BCUT2D eigenvalue weighted by molar-refractivity contribution is 5.62. The predicted molar refractivity (Wildman–Crippen MR) is 62.3 cm³/mol. The van der Waals surface area contributed by atoms with E-state index in [1.54, 1.807) is 18.2 Å². The Morgan fingerprint density at radius 1 is 1.24 bits per heavy atom. The van der Waals surface area contributed by atoms with E-state index < -0.39 is 4.92 Å². The molecule has 2 aromatic rings. The van der Waals surface area contributed by atoms with E-state index in [9.17, 15) is 15.2 Å². The zero-order valence-corrected chi connectivity index (χ0v) is 8.70. The summed E-state index contributed by atoms with van der Waals surface area (Å²) in [4.78, 5) is 13.9. The normalized spacial score (nSPS) is 9.88. The predicted octanol–water partition coefficient (Wildman–Crippen LogP) is 2.44.